The van der Waals surface area contributed by atoms with Crippen LogP contribution in [0.5, 0.6) is 5.75 Å². The SMILES string of the molecule is COc1ccc(N)cc1C(=O)NCCCCN(C)C. The van der Waals surface area contributed by atoms with Gasteiger partial charge >= 0.3 is 0 Å². The number of rotatable bonds is 7. The second kappa shape index (κ2) is 7.63. The van der Waals surface area contributed by atoms with Crippen molar-refractivity contribution in [3.63, 3.8) is 0 Å². The van der Waals surface area contributed by atoms with Gasteiger partial charge < -0.3 is 20.7 Å². The van der Waals surface area contributed by atoms with Crippen LogP contribution in [0, 0.1) is 0 Å². The van der Waals surface area contributed by atoms with Gasteiger partial charge in [0.25, 0.3) is 5.91 Å². The summed E-state index contributed by atoms with van der Waals surface area (Å²) in [6, 6.07) is 5.05. The number of hydrogen-bond acceptors (Lipinski definition) is 4. The summed E-state index contributed by atoms with van der Waals surface area (Å²) in [4.78, 5) is 14.1. The van der Waals surface area contributed by atoms with Crippen LogP contribution in [0.25, 0.3) is 0 Å². The maximum absolute atomic E-state index is 12.0. The molecular weight excluding hydrogens is 242 g/mol. The van der Waals surface area contributed by atoms with Crippen molar-refractivity contribution in [1.82, 2.24) is 10.2 Å². The Kier molecular flexibility index (Phi) is 6.15. The van der Waals surface area contributed by atoms with Crippen LogP contribution >= 0.6 is 0 Å². The van der Waals surface area contributed by atoms with E-state index in [1.54, 1.807) is 25.3 Å². The first kappa shape index (κ1) is 15.3. The fraction of sp³-hybridized carbons (Fsp3) is 0.500. The van der Waals surface area contributed by atoms with E-state index in [2.05, 4.69) is 10.2 Å². The van der Waals surface area contributed by atoms with Crippen molar-refractivity contribution in [2.75, 3.05) is 40.0 Å². The van der Waals surface area contributed by atoms with Gasteiger partial charge in [0, 0.05) is 12.2 Å². The highest BCUT2D eigenvalue weighted by Gasteiger charge is 2.11. The lowest BCUT2D eigenvalue weighted by atomic mass is 10.1. The Bertz CT molecular complexity index is 419. The van der Waals surface area contributed by atoms with Gasteiger partial charge in [0.2, 0.25) is 0 Å². The van der Waals surface area contributed by atoms with Crippen molar-refractivity contribution in [3.8, 4) is 5.75 Å². The summed E-state index contributed by atoms with van der Waals surface area (Å²) >= 11 is 0. The van der Waals surface area contributed by atoms with Crippen molar-refractivity contribution in [2.45, 2.75) is 12.8 Å². The van der Waals surface area contributed by atoms with Crippen molar-refractivity contribution in [3.05, 3.63) is 23.8 Å². The molecule has 1 amide bonds. The summed E-state index contributed by atoms with van der Waals surface area (Å²) in [5.41, 5.74) is 6.72. The lowest BCUT2D eigenvalue weighted by molar-refractivity contribution is 0.0950. The predicted octanol–water partition coefficient (Wildman–Crippen LogP) is 1.35. The number of carbonyl (C=O) groups excluding carboxylic acids is 1. The van der Waals surface area contributed by atoms with Gasteiger partial charge in [0.05, 0.1) is 12.7 Å². The molecule has 5 nitrogen and oxygen atoms in total. The van der Waals surface area contributed by atoms with Gasteiger partial charge in [-0.1, -0.05) is 0 Å². The molecule has 0 heterocycles. The second-order valence-electron chi connectivity index (χ2n) is 4.73. The molecule has 0 aliphatic heterocycles. The largest absolute Gasteiger partial charge is 0.496 e. The normalized spacial score (nSPS) is 10.5. The number of ether oxygens (including phenoxy) is 1. The van der Waals surface area contributed by atoms with Gasteiger partial charge in [0.1, 0.15) is 5.75 Å². The van der Waals surface area contributed by atoms with E-state index in [9.17, 15) is 4.79 Å². The molecule has 1 aromatic rings. The zero-order valence-corrected chi connectivity index (χ0v) is 11.9. The van der Waals surface area contributed by atoms with E-state index in [0.717, 1.165) is 19.4 Å². The summed E-state index contributed by atoms with van der Waals surface area (Å²) in [6.07, 6.45) is 2.01. The third kappa shape index (κ3) is 5.18. The average molecular weight is 265 g/mol. The molecular formula is C14H23N3O2. The quantitative estimate of drug-likeness (QED) is 0.577. The molecule has 0 fully saturated rings. The van der Waals surface area contributed by atoms with Crippen molar-refractivity contribution in [1.29, 1.82) is 0 Å². The van der Waals surface area contributed by atoms with Gasteiger partial charge in [0.15, 0.2) is 0 Å². The van der Waals surface area contributed by atoms with E-state index >= 15 is 0 Å². The molecule has 0 saturated carbocycles. The monoisotopic (exact) mass is 265 g/mol. The zero-order valence-electron chi connectivity index (χ0n) is 11.9. The number of nitrogens with two attached hydrogens (primary N) is 1. The fourth-order valence-electron chi connectivity index (χ4n) is 1.75. The van der Waals surface area contributed by atoms with Crippen LogP contribution in [0.2, 0.25) is 0 Å². The van der Waals surface area contributed by atoms with Crippen LogP contribution in [0.3, 0.4) is 0 Å². The first-order valence-corrected chi connectivity index (χ1v) is 6.41. The van der Waals surface area contributed by atoms with E-state index in [1.807, 2.05) is 14.1 Å². The fourth-order valence-corrected chi connectivity index (χ4v) is 1.75. The van der Waals surface area contributed by atoms with Gasteiger partial charge in [-0.15, -0.1) is 0 Å². The standard InChI is InChI=1S/C14H23N3O2/c1-17(2)9-5-4-8-16-14(18)12-10-11(15)6-7-13(12)19-3/h6-7,10H,4-5,8-9,15H2,1-3H3,(H,16,18). The van der Waals surface area contributed by atoms with E-state index in [1.165, 1.54) is 0 Å². The van der Waals surface area contributed by atoms with Crippen LogP contribution in [0.4, 0.5) is 5.69 Å². The minimum atomic E-state index is -0.144. The molecule has 1 aromatic carbocycles. The van der Waals surface area contributed by atoms with Crippen LogP contribution in [0.15, 0.2) is 18.2 Å². The van der Waals surface area contributed by atoms with E-state index in [4.69, 9.17) is 10.5 Å². The number of nitrogen functional groups attached to an aromatic ring is 1. The molecule has 5 heteroatoms. The van der Waals surface area contributed by atoms with Crippen molar-refractivity contribution >= 4 is 11.6 Å². The molecule has 0 spiro atoms. The Hall–Kier alpha value is -1.75. The number of unbranched alkanes of at least 4 members (excludes halogenated alkanes) is 1. The molecule has 19 heavy (non-hydrogen) atoms. The molecule has 3 N–H and O–H groups in total. The maximum atomic E-state index is 12.0. The van der Waals surface area contributed by atoms with Crippen molar-refractivity contribution in [2.24, 2.45) is 0 Å². The highest BCUT2D eigenvalue weighted by molar-refractivity contribution is 5.97. The summed E-state index contributed by atoms with van der Waals surface area (Å²) in [6.45, 7) is 1.68. The Morgan fingerprint density at radius 3 is 2.74 bits per heavy atom. The number of methoxy groups -OCH3 is 1. The molecule has 0 aromatic heterocycles. The van der Waals surface area contributed by atoms with Crippen LogP contribution < -0.4 is 15.8 Å². The van der Waals surface area contributed by atoms with E-state index in [0.29, 0.717) is 23.5 Å². The average Bonchev–Trinajstić information content (AvgIpc) is 2.37. The number of benzene rings is 1. The molecule has 0 bridgehead atoms. The number of hydrogen-bond donors (Lipinski definition) is 2. The lowest BCUT2D eigenvalue weighted by Gasteiger charge is -2.11. The zero-order chi connectivity index (χ0) is 14.3. The van der Waals surface area contributed by atoms with Crippen molar-refractivity contribution < 1.29 is 9.53 Å². The molecule has 106 valence electrons. The minimum Gasteiger partial charge on any atom is -0.496 e. The smallest absolute Gasteiger partial charge is 0.255 e. The summed E-state index contributed by atoms with van der Waals surface area (Å²) in [5.74, 6) is 0.397. The summed E-state index contributed by atoms with van der Waals surface area (Å²) in [7, 11) is 5.62. The topological polar surface area (TPSA) is 67.6 Å². The van der Waals surface area contributed by atoms with Gasteiger partial charge in [-0.3, -0.25) is 4.79 Å². The Morgan fingerprint density at radius 2 is 2.11 bits per heavy atom. The Morgan fingerprint density at radius 1 is 1.37 bits per heavy atom. The van der Waals surface area contributed by atoms with E-state index in [-0.39, 0.29) is 5.91 Å². The summed E-state index contributed by atoms with van der Waals surface area (Å²) < 4.78 is 5.16. The lowest BCUT2D eigenvalue weighted by Crippen LogP contribution is -2.25. The number of amides is 1. The highest BCUT2D eigenvalue weighted by atomic mass is 16.5. The first-order valence-electron chi connectivity index (χ1n) is 6.41. The van der Waals surface area contributed by atoms with Gasteiger partial charge in [-0.05, 0) is 51.7 Å². The minimum absolute atomic E-state index is 0.144. The number of carbonyl (C=O) groups is 1. The second-order valence-corrected chi connectivity index (χ2v) is 4.73. The highest BCUT2D eigenvalue weighted by Crippen LogP contribution is 2.20. The molecule has 0 atom stereocenters. The molecule has 1 rings (SSSR count). The number of anilines is 1. The third-order valence-corrected chi connectivity index (χ3v) is 2.79. The summed E-state index contributed by atoms with van der Waals surface area (Å²) in [5, 5.41) is 2.88. The Balaban J connectivity index is 2.47. The van der Waals surface area contributed by atoms with Gasteiger partial charge in [-0.25, -0.2) is 0 Å². The molecule has 0 radical (unpaired) electrons. The number of nitrogens with zero attached hydrogens (tertiary/aromatic N) is 1. The molecule has 0 saturated heterocycles. The van der Waals surface area contributed by atoms with Crippen LogP contribution in [0.1, 0.15) is 23.2 Å². The third-order valence-electron chi connectivity index (χ3n) is 2.79. The van der Waals surface area contributed by atoms with Crippen LogP contribution in [-0.4, -0.2) is 45.1 Å². The van der Waals surface area contributed by atoms with E-state index < -0.39 is 0 Å². The molecule has 0 aliphatic rings. The predicted molar refractivity (Wildman–Crippen MR) is 77.5 cm³/mol. The molecule has 0 aliphatic carbocycles. The van der Waals surface area contributed by atoms with Gasteiger partial charge in [-0.2, -0.15) is 0 Å². The molecule has 0 unspecified atom stereocenters. The maximum Gasteiger partial charge on any atom is 0.255 e. The Labute approximate surface area is 114 Å². The first-order chi connectivity index (χ1) is 9.04. The number of nitrogens with one attached hydrogen (secondary N) is 1. The van der Waals surface area contributed by atoms with Crippen LogP contribution in [-0.2, 0) is 0 Å².